The van der Waals surface area contributed by atoms with Gasteiger partial charge < -0.3 is 29.1 Å². The highest BCUT2D eigenvalue weighted by Gasteiger charge is 2.49. The molecule has 1 N–H and O–H groups in total. The van der Waals surface area contributed by atoms with Crippen molar-refractivity contribution in [1.29, 1.82) is 0 Å². The highest BCUT2D eigenvalue weighted by molar-refractivity contribution is 5.52. The number of aldehydes is 1. The van der Waals surface area contributed by atoms with Gasteiger partial charge in [-0.25, -0.2) is 0 Å². The van der Waals surface area contributed by atoms with Gasteiger partial charge in [0, 0.05) is 24.3 Å². The third-order valence-corrected chi connectivity index (χ3v) is 6.93. The van der Waals surface area contributed by atoms with E-state index in [1.807, 2.05) is 18.2 Å². The van der Waals surface area contributed by atoms with E-state index in [0.29, 0.717) is 23.9 Å². The van der Waals surface area contributed by atoms with Gasteiger partial charge in [-0.1, -0.05) is 32.9 Å². The van der Waals surface area contributed by atoms with Gasteiger partial charge in [-0.15, -0.1) is 0 Å². The summed E-state index contributed by atoms with van der Waals surface area (Å²) >= 11 is 0. The van der Waals surface area contributed by atoms with E-state index in [-0.39, 0.29) is 17.3 Å². The maximum Gasteiger partial charge on any atom is 0.199 e. The van der Waals surface area contributed by atoms with Crippen molar-refractivity contribution in [2.24, 2.45) is 17.3 Å². The zero-order valence-electron chi connectivity index (χ0n) is 21.3. The van der Waals surface area contributed by atoms with Crippen LogP contribution in [-0.2, 0) is 19.0 Å². The summed E-state index contributed by atoms with van der Waals surface area (Å²) in [7, 11) is 6.62. The minimum atomic E-state index is -0.344. The molecule has 1 aliphatic carbocycles. The van der Waals surface area contributed by atoms with E-state index in [2.05, 4.69) is 38.2 Å². The Kier molecular flexibility index (Phi) is 10.3. The van der Waals surface area contributed by atoms with Crippen LogP contribution in [0.3, 0.4) is 0 Å². The van der Waals surface area contributed by atoms with Crippen LogP contribution in [0.2, 0.25) is 0 Å². The molecule has 0 amide bonds. The minimum absolute atomic E-state index is 0.0190. The second kappa shape index (κ2) is 12.7. The number of methoxy groups -OCH3 is 4. The van der Waals surface area contributed by atoms with Crippen LogP contribution in [0.25, 0.3) is 0 Å². The highest BCUT2D eigenvalue weighted by Crippen LogP contribution is 2.53. The topological polar surface area (TPSA) is 66.0 Å². The normalized spacial score (nSPS) is 21.5. The van der Waals surface area contributed by atoms with E-state index < -0.39 is 0 Å². The Labute approximate surface area is 199 Å². The van der Waals surface area contributed by atoms with Gasteiger partial charge in [-0.05, 0) is 55.0 Å². The average Bonchev–Trinajstić information content (AvgIpc) is 2.83. The van der Waals surface area contributed by atoms with Crippen LogP contribution in [0.15, 0.2) is 47.6 Å². The maximum atomic E-state index is 11.6. The fourth-order valence-corrected chi connectivity index (χ4v) is 5.09. The first-order valence-electron chi connectivity index (χ1n) is 11.8. The third kappa shape index (κ3) is 5.91. The van der Waals surface area contributed by atoms with Crippen LogP contribution in [0, 0.1) is 17.3 Å². The number of carbonyl (C=O) groups excluding carboxylic acids is 1. The summed E-state index contributed by atoms with van der Waals surface area (Å²) in [6.45, 7) is 8.34. The van der Waals surface area contributed by atoms with Gasteiger partial charge in [0.2, 0.25) is 0 Å². The lowest BCUT2D eigenvalue weighted by atomic mass is 9.60. The smallest absolute Gasteiger partial charge is 0.199 e. The Morgan fingerprint density at radius 1 is 1.06 bits per heavy atom. The molecule has 33 heavy (non-hydrogen) atoms. The van der Waals surface area contributed by atoms with E-state index in [1.165, 1.54) is 5.56 Å². The lowest BCUT2D eigenvalue weighted by molar-refractivity contribution is -0.109. The molecule has 2 rings (SSSR count). The summed E-state index contributed by atoms with van der Waals surface area (Å²) in [6, 6.07) is 8.22. The minimum Gasteiger partial charge on any atom is -0.497 e. The molecule has 0 saturated carbocycles. The first-order chi connectivity index (χ1) is 15.9. The van der Waals surface area contributed by atoms with E-state index in [4.69, 9.17) is 18.9 Å². The van der Waals surface area contributed by atoms with Crippen molar-refractivity contribution in [1.82, 2.24) is 5.32 Å². The van der Waals surface area contributed by atoms with Gasteiger partial charge in [0.15, 0.2) is 11.5 Å². The summed E-state index contributed by atoms with van der Waals surface area (Å²) in [5, 5.41) is 3.60. The zero-order chi connectivity index (χ0) is 24.4. The fourth-order valence-electron chi connectivity index (χ4n) is 5.09. The van der Waals surface area contributed by atoms with Crippen molar-refractivity contribution < 1.29 is 23.7 Å². The number of carbonyl (C=O) groups is 1. The number of ether oxygens (including phenoxy) is 4. The molecule has 3 unspecified atom stereocenters. The summed E-state index contributed by atoms with van der Waals surface area (Å²) < 4.78 is 22.6. The molecule has 0 spiro atoms. The molecular weight excluding hydrogens is 418 g/mol. The van der Waals surface area contributed by atoms with Gasteiger partial charge in [0.25, 0.3) is 0 Å². The Morgan fingerprint density at radius 2 is 1.82 bits per heavy atom. The number of hydrogen-bond acceptors (Lipinski definition) is 6. The van der Waals surface area contributed by atoms with Crippen LogP contribution in [0.1, 0.15) is 51.5 Å². The molecule has 0 aromatic heterocycles. The molecule has 0 fully saturated rings. The predicted molar refractivity (Wildman–Crippen MR) is 131 cm³/mol. The Hall–Kier alpha value is -2.47. The summed E-state index contributed by atoms with van der Waals surface area (Å²) in [5.41, 5.74) is 0.911. The number of rotatable bonds is 14. The fraction of sp³-hybridized carbons (Fsp3) is 0.593. The molecule has 184 valence electrons. The largest absolute Gasteiger partial charge is 0.497 e. The van der Waals surface area contributed by atoms with Crippen LogP contribution < -0.4 is 10.1 Å². The van der Waals surface area contributed by atoms with Gasteiger partial charge >= 0.3 is 0 Å². The molecule has 0 saturated heterocycles. The summed E-state index contributed by atoms with van der Waals surface area (Å²) in [5.74, 6) is 3.50. The molecule has 1 aliphatic rings. The number of nitrogens with one attached hydrogen (secondary N) is 1. The molecule has 0 bridgehead atoms. The lowest BCUT2D eigenvalue weighted by Gasteiger charge is -2.46. The van der Waals surface area contributed by atoms with Gasteiger partial charge in [0.1, 0.15) is 17.8 Å². The van der Waals surface area contributed by atoms with E-state index in [0.717, 1.165) is 43.7 Å². The number of benzene rings is 1. The molecule has 6 nitrogen and oxygen atoms in total. The van der Waals surface area contributed by atoms with Crippen molar-refractivity contribution in [3.05, 3.63) is 53.2 Å². The molecule has 1 aromatic carbocycles. The van der Waals surface area contributed by atoms with Crippen molar-refractivity contribution in [2.75, 3.05) is 41.5 Å². The van der Waals surface area contributed by atoms with Gasteiger partial charge in [-0.2, -0.15) is 0 Å². The Morgan fingerprint density at radius 3 is 2.39 bits per heavy atom. The molecule has 0 radical (unpaired) electrons. The maximum absolute atomic E-state index is 11.6. The van der Waals surface area contributed by atoms with Crippen molar-refractivity contribution >= 4 is 6.29 Å². The molecular formula is C27H41NO5. The quantitative estimate of drug-likeness (QED) is 0.310. The molecule has 6 heteroatoms. The average molecular weight is 460 g/mol. The summed E-state index contributed by atoms with van der Waals surface area (Å²) in [4.78, 5) is 11.6. The monoisotopic (exact) mass is 459 g/mol. The molecule has 0 aliphatic heterocycles. The van der Waals surface area contributed by atoms with Crippen molar-refractivity contribution in [3.63, 3.8) is 0 Å². The predicted octanol–water partition coefficient (Wildman–Crippen LogP) is 5.06. The lowest BCUT2D eigenvalue weighted by Crippen LogP contribution is -2.42. The second-order valence-electron chi connectivity index (χ2n) is 8.99. The standard InChI is InChI=1S/C27H41NO5/c1-19(2)27(22(12-15-29)17-24(31-5)25(32-6)26(27)33-7)13-9-14-28-18-20(3)21-10-8-11-23(16-21)30-4/h8,10-11,15-17,19-20,22,28H,9,12-14,18H2,1-7H3. The Balaban J connectivity index is 2.13. The number of allylic oxidation sites excluding steroid dienone is 2. The third-order valence-electron chi connectivity index (χ3n) is 6.93. The molecule has 3 atom stereocenters. The van der Waals surface area contributed by atoms with Crippen LogP contribution in [0.4, 0.5) is 0 Å². The van der Waals surface area contributed by atoms with Crippen LogP contribution in [-0.4, -0.2) is 47.8 Å². The molecule has 0 heterocycles. The van der Waals surface area contributed by atoms with E-state index >= 15 is 0 Å². The van der Waals surface area contributed by atoms with E-state index in [1.54, 1.807) is 28.4 Å². The van der Waals surface area contributed by atoms with Crippen LogP contribution in [0.5, 0.6) is 5.75 Å². The van der Waals surface area contributed by atoms with Gasteiger partial charge in [0.05, 0.1) is 28.4 Å². The van der Waals surface area contributed by atoms with Crippen molar-refractivity contribution in [3.8, 4) is 5.75 Å². The van der Waals surface area contributed by atoms with Crippen LogP contribution >= 0.6 is 0 Å². The highest BCUT2D eigenvalue weighted by atomic mass is 16.5. The Bertz CT molecular complexity index is 832. The second-order valence-corrected chi connectivity index (χ2v) is 8.99. The first-order valence-corrected chi connectivity index (χ1v) is 11.8. The molecule has 1 aromatic rings. The first kappa shape index (κ1) is 26.8. The zero-order valence-corrected chi connectivity index (χ0v) is 21.3. The van der Waals surface area contributed by atoms with Gasteiger partial charge in [-0.3, -0.25) is 0 Å². The van der Waals surface area contributed by atoms with Crippen molar-refractivity contribution in [2.45, 2.75) is 46.0 Å². The number of hydrogen-bond donors (Lipinski definition) is 1. The summed E-state index contributed by atoms with van der Waals surface area (Å²) in [6.07, 6.45) is 5.25. The van der Waals surface area contributed by atoms with E-state index in [9.17, 15) is 4.79 Å². The SMILES string of the molecule is COC1=CC(CC=O)C(CCCNCC(C)c2cccc(OC)c2)(C(C)C)C(OC)=C1OC.